The molecule has 0 fully saturated rings. The SMILES string of the molecule is NC(=O)CNC(=O)c1ccc([As]=O)cc1. The first-order chi connectivity index (χ1) is 7.13. The number of carbonyl (C=O) groups excluding carboxylic acids is 2. The van der Waals surface area contributed by atoms with Gasteiger partial charge in [0.25, 0.3) is 0 Å². The Hall–Kier alpha value is -1.48. The molecule has 0 atom stereocenters. The van der Waals surface area contributed by atoms with E-state index in [1.54, 1.807) is 24.3 Å². The molecule has 0 radical (unpaired) electrons. The summed E-state index contributed by atoms with van der Waals surface area (Å²) in [4.78, 5) is 21.8. The third-order valence-corrected chi connectivity index (χ3v) is 2.73. The molecule has 0 unspecified atom stereocenters. The summed E-state index contributed by atoms with van der Waals surface area (Å²) >= 11 is -1.07. The molecule has 3 N–H and O–H groups in total. The second kappa shape index (κ2) is 5.41. The first-order valence-corrected chi connectivity index (χ1v) is 5.84. The molecule has 1 aromatic rings. The molecule has 0 saturated carbocycles. The minimum atomic E-state index is -1.07. The summed E-state index contributed by atoms with van der Waals surface area (Å²) in [6.07, 6.45) is 0. The van der Waals surface area contributed by atoms with E-state index in [-0.39, 0.29) is 12.5 Å². The molecule has 2 amide bonds. The summed E-state index contributed by atoms with van der Waals surface area (Å²) in [5, 5.41) is 2.35. The Labute approximate surface area is 92.9 Å². The van der Waals surface area contributed by atoms with Gasteiger partial charge in [-0.15, -0.1) is 0 Å². The van der Waals surface area contributed by atoms with Crippen molar-refractivity contribution in [2.75, 3.05) is 6.54 Å². The van der Waals surface area contributed by atoms with Gasteiger partial charge in [0.1, 0.15) is 0 Å². The zero-order valence-corrected chi connectivity index (χ0v) is 9.64. The van der Waals surface area contributed by atoms with Crippen molar-refractivity contribution in [2.45, 2.75) is 0 Å². The normalized spacial score (nSPS) is 9.87. The van der Waals surface area contributed by atoms with Gasteiger partial charge in [0.05, 0.1) is 0 Å². The molecule has 0 aliphatic carbocycles. The van der Waals surface area contributed by atoms with Crippen molar-refractivity contribution in [2.24, 2.45) is 5.73 Å². The summed E-state index contributed by atoms with van der Waals surface area (Å²) in [6.45, 7) is -0.186. The van der Waals surface area contributed by atoms with Gasteiger partial charge < -0.3 is 0 Å². The van der Waals surface area contributed by atoms with Gasteiger partial charge in [-0.1, -0.05) is 0 Å². The average molecular weight is 268 g/mol. The van der Waals surface area contributed by atoms with Crippen LogP contribution in [-0.2, 0) is 8.53 Å². The summed E-state index contributed by atoms with van der Waals surface area (Å²) < 4.78 is 11.3. The van der Waals surface area contributed by atoms with Gasteiger partial charge in [0.15, 0.2) is 0 Å². The Morgan fingerprint density at radius 2 is 1.87 bits per heavy atom. The van der Waals surface area contributed by atoms with E-state index in [2.05, 4.69) is 5.32 Å². The molecule has 0 heterocycles. The Bertz CT molecular complexity index is 389. The number of amides is 2. The van der Waals surface area contributed by atoms with Gasteiger partial charge in [-0.05, 0) is 0 Å². The molecule has 78 valence electrons. The quantitative estimate of drug-likeness (QED) is 0.656. The molecule has 15 heavy (non-hydrogen) atoms. The summed E-state index contributed by atoms with van der Waals surface area (Å²) in [7, 11) is 0. The number of benzene rings is 1. The van der Waals surface area contributed by atoms with Crippen molar-refractivity contribution in [1.29, 1.82) is 0 Å². The Balaban J connectivity index is 2.66. The fraction of sp³-hybridized carbons (Fsp3) is 0.111. The van der Waals surface area contributed by atoms with E-state index in [1.165, 1.54) is 0 Å². The van der Waals surface area contributed by atoms with Crippen LogP contribution < -0.4 is 15.4 Å². The number of primary amides is 1. The molecule has 1 rings (SSSR count). The Morgan fingerprint density at radius 1 is 1.27 bits per heavy atom. The number of nitrogens with two attached hydrogens (primary N) is 1. The zero-order chi connectivity index (χ0) is 11.3. The number of carbonyl (C=O) groups is 2. The van der Waals surface area contributed by atoms with E-state index in [0.29, 0.717) is 9.91 Å². The van der Waals surface area contributed by atoms with Crippen LogP contribution in [0.15, 0.2) is 24.3 Å². The number of hydrogen-bond donors (Lipinski definition) is 2. The maximum atomic E-state index is 11.4. The average Bonchev–Trinajstić information content (AvgIpc) is 2.26. The topological polar surface area (TPSA) is 89.3 Å². The van der Waals surface area contributed by atoms with Crippen LogP contribution in [0.4, 0.5) is 0 Å². The van der Waals surface area contributed by atoms with Crippen LogP contribution in [0.5, 0.6) is 0 Å². The molecule has 6 heteroatoms. The Morgan fingerprint density at radius 3 is 2.33 bits per heavy atom. The van der Waals surface area contributed by atoms with Crippen LogP contribution >= 0.6 is 0 Å². The van der Waals surface area contributed by atoms with Gasteiger partial charge in [-0.25, -0.2) is 0 Å². The van der Waals surface area contributed by atoms with Crippen molar-refractivity contribution in [3.05, 3.63) is 29.8 Å². The summed E-state index contributed by atoms with van der Waals surface area (Å²) in [5.41, 5.74) is 5.28. The third-order valence-electron chi connectivity index (χ3n) is 1.66. The van der Waals surface area contributed by atoms with Crippen LogP contribution in [0.3, 0.4) is 0 Å². The molecule has 0 aromatic heterocycles. The second-order valence-corrected chi connectivity index (χ2v) is 4.25. The number of rotatable bonds is 4. The van der Waals surface area contributed by atoms with Gasteiger partial charge in [-0.3, -0.25) is 0 Å². The van der Waals surface area contributed by atoms with E-state index < -0.39 is 21.6 Å². The van der Waals surface area contributed by atoms with Gasteiger partial charge in [0.2, 0.25) is 0 Å². The van der Waals surface area contributed by atoms with Crippen molar-refractivity contribution in [1.82, 2.24) is 5.32 Å². The second-order valence-electron chi connectivity index (χ2n) is 2.79. The third kappa shape index (κ3) is 3.64. The van der Waals surface area contributed by atoms with Gasteiger partial charge in [-0.2, -0.15) is 0 Å². The van der Waals surface area contributed by atoms with Crippen molar-refractivity contribution >= 4 is 31.9 Å². The van der Waals surface area contributed by atoms with Crippen molar-refractivity contribution < 1.29 is 13.3 Å². The minimum absolute atomic E-state index is 0.186. The molecule has 0 saturated heterocycles. The van der Waals surface area contributed by atoms with Crippen molar-refractivity contribution in [3.63, 3.8) is 0 Å². The van der Waals surface area contributed by atoms with E-state index >= 15 is 0 Å². The molecule has 0 aliphatic heterocycles. The standard InChI is InChI=1S/C9H9AsN2O3/c11-8(13)5-12-9(14)6-1-3-7(10-15)4-2-6/h1-4H,5H2,(H2,11,13)(H,12,14). The molecule has 5 nitrogen and oxygen atoms in total. The predicted molar refractivity (Wildman–Crippen MR) is 54.0 cm³/mol. The molecular formula is C9H9AsN2O3. The first-order valence-electron chi connectivity index (χ1n) is 4.13. The summed E-state index contributed by atoms with van der Waals surface area (Å²) in [5.74, 6) is -0.966. The maximum absolute atomic E-state index is 11.4. The van der Waals surface area contributed by atoms with Crippen LogP contribution in [0, 0.1) is 0 Å². The zero-order valence-electron chi connectivity index (χ0n) is 7.77. The van der Waals surface area contributed by atoms with Crippen LogP contribution in [0.25, 0.3) is 0 Å². The molecular weight excluding hydrogens is 259 g/mol. The van der Waals surface area contributed by atoms with Gasteiger partial charge in [0, 0.05) is 0 Å². The number of hydrogen-bond acceptors (Lipinski definition) is 3. The molecule has 0 aliphatic rings. The van der Waals surface area contributed by atoms with Crippen LogP contribution in [0.2, 0.25) is 0 Å². The van der Waals surface area contributed by atoms with E-state index in [1.807, 2.05) is 0 Å². The fourth-order valence-electron chi connectivity index (χ4n) is 0.943. The van der Waals surface area contributed by atoms with E-state index in [0.717, 1.165) is 0 Å². The van der Waals surface area contributed by atoms with Crippen molar-refractivity contribution in [3.8, 4) is 0 Å². The molecule has 1 aromatic carbocycles. The molecule has 0 bridgehead atoms. The fourth-order valence-corrected chi connectivity index (χ4v) is 1.51. The van der Waals surface area contributed by atoms with Crippen LogP contribution in [0.1, 0.15) is 10.4 Å². The van der Waals surface area contributed by atoms with Crippen LogP contribution in [-0.4, -0.2) is 34.1 Å². The monoisotopic (exact) mass is 268 g/mol. The molecule has 0 spiro atoms. The Kier molecular flexibility index (Phi) is 4.18. The predicted octanol–water partition coefficient (Wildman–Crippen LogP) is -1.42. The van der Waals surface area contributed by atoms with E-state index in [9.17, 15) is 13.3 Å². The number of nitrogens with one attached hydrogen (secondary N) is 1. The van der Waals surface area contributed by atoms with E-state index in [4.69, 9.17) is 5.73 Å². The van der Waals surface area contributed by atoms with Gasteiger partial charge >= 0.3 is 92.6 Å². The first kappa shape index (κ1) is 11.6. The summed E-state index contributed by atoms with van der Waals surface area (Å²) in [6, 6.07) is 6.34.